The first-order chi connectivity index (χ1) is 29.0. The number of benzene rings is 8. The van der Waals surface area contributed by atoms with Crippen molar-refractivity contribution in [2.45, 2.75) is 24.7 Å². The van der Waals surface area contributed by atoms with E-state index >= 15 is 0 Å². The van der Waals surface area contributed by atoms with Crippen LogP contribution in [0.4, 0.5) is 17.1 Å². The maximum Gasteiger partial charge on any atom is 0.0714 e. The van der Waals surface area contributed by atoms with Crippen LogP contribution in [0.15, 0.2) is 219 Å². The van der Waals surface area contributed by atoms with Crippen LogP contribution in [0.25, 0.3) is 44.5 Å². The number of rotatable bonds is 8. The molecule has 280 valence electrons. The summed E-state index contributed by atoms with van der Waals surface area (Å²) in [6.45, 7) is 4.84. The topological polar surface area (TPSA) is 16.1 Å². The predicted molar refractivity (Wildman–Crippen MR) is 245 cm³/mol. The molecule has 0 bridgehead atoms. The molecule has 0 saturated heterocycles. The second-order valence-corrected chi connectivity index (χ2v) is 16.4. The van der Waals surface area contributed by atoms with Gasteiger partial charge in [0.25, 0.3) is 0 Å². The quantitative estimate of drug-likeness (QED) is 0.154. The lowest BCUT2D eigenvalue weighted by molar-refractivity contribution is 0.652. The third-order valence-corrected chi connectivity index (χ3v) is 12.8. The van der Waals surface area contributed by atoms with Crippen LogP contribution in [0.1, 0.15) is 47.2 Å². The van der Waals surface area contributed by atoms with Gasteiger partial charge in [-0.1, -0.05) is 153 Å². The molecule has 11 rings (SSSR count). The van der Waals surface area contributed by atoms with Crippen LogP contribution in [0.3, 0.4) is 0 Å². The molecule has 1 aromatic heterocycles. The van der Waals surface area contributed by atoms with Crippen LogP contribution < -0.4 is 4.90 Å². The normalized spacial score (nSPS) is 13.9. The van der Waals surface area contributed by atoms with Crippen molar-refractivity contribution in [3.8, 4) is 44.5 Å². The standard InChI is InChI=1S/C57H42N2/c1-56(2)50-34-43(39-16-7-3-8-17-39)36-52-54(50)55-51(56)35-44(40-18-9-4-10-19-40)37-53(55)57(52,45-27-25-41(26-28-45)42-20-15-33-58-38-42)46-29-31-49(32-30-46)59(47-21-11-5-12-22-47)48-23-13-6-14-24-48/h3-38H,1-2H3. The monoisotopic (exact) mass is 754 g/mol. The molecule has 2 heteroatoms. The molecule has 9 aromatic rings. The van der Waals surface area contributed by atoms with E-state index < -0.39 is 5.41 Å². The Kier molecular flexibility index (Phi) is 8.10. The summed E-state index contributed by atoms with van der Waals surface area (Å²) in [6.07, 6.45) is 3.79. The van der Waals surface area contributed by atoms with E-state index in [0.29, 0.717) is 0 Å². The number of nitrogens with zero attached hydrogens (tertiary/aromatic N) is 2. The van der Waals surface area contributed by atoms with Crippen molar-refractivity contribution in [3.05, 3.63) is 252 Å². The Balaban J connectivity index is 1.21. The number of pyridine rings is 1. The lowest BCUT2D eigenvalue weighted by atomic mass is 9.64. The molecular formula is C57H42N2. The highest BCUT2D eigenvalue weighted by Gasteiger charge is 2.53. The van der Waals surface area contributed by atoms with E-state index in [0.717, 1.165) is 28.2 Å². The maximum absolute atomic E-state index is 4.45. The third-order valence-electron chi connectivity index (χ3n) is 12.8. The van der Waals surface area contributed by atoms with Crippen LogP contribution in [0.5, 0.6) is 0 Å². The number of aromatic nitrogens is 1. The fraction of sp³-hybridized carbons (Fsp3) is 0.0702. The summed E-state index contributed by atoms with van der Waals surface area (Å²) < 4.78 is 0. The Morgan fingerprint density at radius 2 is 0.746 bits per heavy atom. The molecule has 0 radical (unpaired) electrons. The van der Waals surface area contributed by atoms with Gasteiger partial charge in [0.1, 0.15) is 0 Å². The van der Waals surface area contributed by atoms with Crippen molar-refractivity contribution in [3.63, 3.8) is 0 Å². The Hall–Kier alpha value is -7.29. The fourth-order valence-electron chi connectivity index (χ4n) is 9.98. The molecule has 59 heavy (non-hydrogen) atoms. The van der Waals surface area contributed by atoms with Gasteiger partial charge in [0.15, 0.2) is 0 Å². The summed E-state index contributed by atoms with van der Waals surface area (Å²) in [5.41, 5.74) is 20.4. The van der Waals surface area contributed by atoms with E-state index in [2.05, 4.69) is 224 Å². The highest BCUT2D eigenvalue weighted by molar-refractivity contribution is 5.98. The van der Waals surface area contributed by atoms with Crippen LogP contribution in [0.2, 0.25) is 0 Å². The van der Waals surface area contributed by atoms with Crippen molar-refractivity contribution in [1.82, 2.24) is 4.98 Å². The van der Waals surface area contributed by atoms with Gasteiger partial charge in [-0.25, -0.2) is 0 Å². The van der Waals surface area contributed by atoms with Crippen LogP contribution >= 0.6 is 0 Å². The van der Waals surface area contributed by atoms with Gasteiger partial charge in [-0.2, -0.15) is 0 Å². The summed E-state index contributed by atoms with van der Waals surface area (Å²) in [5.74, 6) is 0. The maximum atomic E-state index is 4.45. The van der Waals surface area contributed by atoms with Crippen molar-refractivity contribution in [2.75, 3.05) is 4.90 Å². The highest BCUT2D eigenvalue weighted by atomic mass is 15.1. The molecule has 2 aliphatic rings. The fourth-order valence-corrected chi connectivity index (χ4v) is 9.98. The van der Waals surface area contributed by atoms with Crippen molar-refractivity contribution in [1.29, 1.82) is 0 Å². The van der Waals surface area contributed by atoms with Crippen molar-refractivity contribution < 1.29 is 0 Å². The van der Waals surface area contributed by atoms with Gasteiger partial charge in [0.05, 0.1) is 5.41 Å². The molecule has 0 atom stereocenters. The Labute approximate surface area is 346 Å². The molecular weight excluding hydrogens is 713 g/mol. The smallest absolute Gasteiger partial charge is 0.0714 e. The average molecular weight is 755 g/mol. The first kappa shape index (κ1) is 34.9. The zero-order valence-corrected chi connectivity index (χ0v) is 33.2. The minimum Gasteiger partial charge on any atom is -0.311 e. The largest absolute Gasteiger partial charge is 0.311 e. The zero-order chi connectivity index (χ0) is 39.6. The molecule has 0 unspecified atom stereocenters. The van der Waals surface area contributed by atoms with Gasteiger partial charge in [-0.15, -0.1) is 0 Å². The molecule has 0 aliphatic heterocycles. The van der Waals surface area contributed by atoms with Gasteiger partial charge in [0.2, 0.25) is 0 Å². The molecule has 8 aromatic carbocycles. The predicted octanol–water partition coefficient (Wildman–Crippen LogP) is 14.6. The SMILES string of the molecule is CC1(C)c2cc(-c3ccccc3)cc3c2-c2c1cc(-c1ccccc1)cc2C3(c1ccc(-c2cccnc2)cc1)c1ccc(N(c2ccccc2)c2ccccc2)cc1. The lowest BCUT2D eigenvalue weighted by Gasteiger charge is -2.37. The van der Waals surface area contributed by atoms with Gasteiger partial charge in [-0.05, 0) is 145 Å². The average Bonchev–Trinajstić information content (AvgIpc) is 3.73. The third kappa shape index (κ3) is 5.44. The Bertz CT molecular complexity index is 2820. The Morgan fingerprint density at radius 3 is 1.20 bits per heavy atom. The summed E-state index contributed by atoms with van der Waals surface area (Å²) in [7, 11) is 0. The van der Waals surface area contributed by atoms with E-state index in [1.807, 2.05) is 18.5 Å². The summed E-state index contributed by atoms with van der Waals surface area (Å²) >= 11 is 0. The van der Waals surface area contributed by atoms with E-state index in [-0.39, 0.29) is 5.41 Å². The molecule has 2 aliphatic carbocycles. The Morgan fingerprint density at radius 1 is 0.356 bits per heavy atom. The van der Waals surface area contributed by atoms with Crippen molar-refractivity contribution >= 4 is 17.1 Å². The number of hydrogen-bond acceptors (Lipinski definition) is 2. The second-order valence-electron chi connectivity index (χ2n) is 16.4. The van der Waals surface area contributed by atoms with E-state index in [1.54, 1.807) is 0 Å². The number of anilines is 3. The van der Waals surface area contributed by atoms with Gasteiger partial charge in [-0.3, -0.25) is 4.98 Å². The number of hydrogen-bond donors (Lipinski definition) is 0. The highest BCUT2D eigenvalue weighted by Crippen LogP contribution is 2.65. The van der Waals surface area contributed by atoms with Crippen LogP contribution in [0, 0.1) is 0 Å². The van der Waals surface area contributed by atoms with Gasteiger partial charge >= 0.3 is 0 Å². The molecule has 1 heterocycles. The zero-order valence-electron chi connectivity index (χ0n) is 33.2. The van der Waals surface area contributed by atoms with Crippen molar-refractivity contribution in [2.24, 2.45) is 0 Å². The summed E-state index contributed by atoms with van der Waals surface area (Å²) in [5, 5.41) is 0. The molecule has 0 N–H and O–H groups in total. The number of para-hydroxylation sites is 2. The molecule has 0 spiro atoms. The van der Waals surface area contributed by atoms with E-state index in [9.17, 15) is 0 Å². The van der Waals surface area contributed by atoms with E-state index in [1.165, 1.54) is 66.8 Å². The minimum atomic E-state index is -0.615. The summed E-state index contributed by atoms with van der Waals surface area (Å²) in [4.78, 5) is 6.80. The first-order valence-electron chi connectivity index (χ1n) is 20.5. The molecule has 0 saturated carbocycles. The minimum absolute atomic E-state index is 0.199. The second kappa shape index (κ2) is 13.7. The van der Waals surface area contributed by atoms with Gasteiger partial charge in [0, 0.05) is 34.9 Å². The molecule has 0 fully saturated rings. The molecule has 2 nitrogen and oxygen atoms in total. The first-order valence-corrected chi connectivity index (χ1v) is 20.5. The summed E-state index contributed by atoms with van der Waals surface area (Å²) in [6, 6.07) is 76.0. The van der Waals surface area contributed by atoms with Crippen LogP contribution in [-0.2, 0) is 10.8 Å². The van der Waals surface area contributed by atoms with E-state index in [4.69, 9.17) is 0 Å². The van der Waals surface area contributed by atoms with Crippen LogP contribution in [-0.4, -0.2) is 4.98 Å². The van der Waals surface area contributed by atoms with Gasteiger partial charge < -0.3 is 4.90 Å². The molecule has 0 amide bonds. The lowest BCUT2D eigenvalue weighted by Crippen LogP contribution is -2.30.